The van der Waals surface area contributed by atoms with Crippen LogP contribution in [0.15, 0.2) is 0 Å². The molecule has 0 saturated heterocycles. The zero-order valence-corrected chi connectivity index (χ0v) is 11.1. The molecule has 4 heteroatoms. The predicted octanol–water partition coefficient (Wildman–Crippen LogP) is 1.96. The van der Waals surface area contributed by atoms with Crippen molar-refractivity contribution in [2.45, 2.75) is 64.3 Å². The predicted molar refractivity (Wildman–Crippen MR) is 70.6 cm³/mol. The van der Waals surface area contributed by atoms with Gasteiger partial charge in [-0.3, -0.25) is 4.79 Å². The van der Waals surface area contributed by atoms with Crippen LogP contribution in [-0.4, -0.2) is 25.2 Å². The molecule has 4 N–H and O–H groups in total. The molecule has 102 valence electrons. The Morgan fingerprint density at radius 2 is 1.82 bits per heavy atom. The maximum atomic E-state index is 11.4. The second-order valence-corrected chi connectivity index (χ2v) is 4.47. The van der Waals surface area contributed by atoms with E-state index in [-0.39, 0.29) is 5.97 Å². The van der Waals surface area contributed by atoms with Gasteiger partial charge >= 0.3 is 5.97 Å². The first-order valence-electron chi connectivity index (χ1n) is 6.84. The third-order valence-electron chi connectivity index (χ3n) is 2.76. The van der Waals surface area contributed by atoms with Crippen LogP contribution in [0.1, 0.15) is 58.3 Å². The Morgan fingerprint density at radius 3 is 2.47 bits per heavy atom. The Labute approximate surface area is 105 Å². The summed E-state index contributed by atoms with van der Waals surface area (Å²) < 4.78 is 5.12. The zero-order valence-electron chi connectivity index (χ0n) is 11.1. The molecule has 0 aliphatic rings. The van der Waals surface area contributed by atoms with E-state index in [1.807, 2.05) is 0 Å². The Balaban J connectivity index is 3.37. The minimum absolute atomic E-state index is 0.266. The van der Waals surface area contributed by atoms with Crippen LogP contribution in [0, 0.1) is 0 Å². The standard InChI is InChI=1S/C13H28N2O2/c1-2-3-4-5-8-11-17-13(16)12(15)9-6-7-10-14/h12H,2-11,14-15H2,1H3. The van der Waals surface area contributed by atoms with Crippen molar-refractivity contribution in [2.24, 2.45) is 11.5 Å². The molecule has 0 aromatic rings. The molecule has 17 heavy (non-hydrogen) atoms. The van der Waals surface area contributed by atoms with Crippen LogP contribution in [0.5, 0.6) is 0 Å². The molecule has 0 aliphatic heterocycles. The zero-order chi connectivity index (χ0) is 12.9. The summed E-state index contributed by atoms with van der Waals surface area (Å²) in [4.78, 5) is 11.4. The van der Waals surface area contributed by atoms with Crippen molar-refractivity contribution in [3.05, 3.63) is 0 Å². The van der Waals surface area contributed by atoms with Crippen LogP contribution in [0.25, 0.3) is 0 Å². The van der Waals surface area contributed by atoms with Crippen molar-refractivity contribution < 1.29 is 9.53 Å². The highest BCUT2D eigenvalue weighted by Crippen LogP contribution is 2.04. The molecule has 0 aromatic heterocycles. The molecule has 1 unspecified atom stereocenters. The van der Waals surface area contributed by atoms with Gasteiger partial charge in [0.25, 0.3) is 0 Å². The Morgan fingerprint density at radius 1 is 1.12 bits per heavy atom. The largest absolute Gasteiger partial charge is 0.465 e. The highest BCUT2D eigenvalue weighted by molar-refractivity contribution is 5.75. The molecule has 0 bridgehead atoms. The first kappa shape index (κ1) is 16.4. The van der Waals surface area contributed by atoms with E-state index in [4.69, 9.17) is 16.2 Å². The van der Waals surface area contributed by atoms with Crippen molar-refractivity contribution in [2.75, 3.05) is 13.2 Å². The van der Waals surface area contributed by atoms with E-state index in [0.717, 1.165) is 25.7 Å². The second-order valence-electron chi connectivity index (χ2n) is 4.47. The van der Waals surface area contributed by atoms with Gasteiger partial charge in [0.1, 0.15) is 6.04 Å². The van der Waals surface area contributed by atoms with Crippen LogP contribution in [0.2, 0.25) is 0 Å². The minimum atomic E-state index is -0.475. The first-order valence-corrected chi connectivity index (χ1v) is 6.84. The summed E-state index contributed by atoms with van der Waals surface area (Å²) in [7, 11) is 0. The quantitative estimate of drug-likeness (QED) is 0.430. The molecule has 0 radical (unpaired) electrons. The molecule has 4 nitrogen and oxygen atoms in total. The molecule has 0 spiro atoms. The monoisotopic (exact) mass is 244 g/mol. The van der Waals surface area contributed by atoms with Gasteiger partial charge in [0.15, 0.2) is 0 Å². The highest BCUT2D eigenvalue weighted by atomic mass is 16.5. The topological polar surface area (TPSA) is 78.3 Å². The molecular formula is C13H28N2O2. The Bertz CT molecular complexity index is 186. The molecule has 1 atom stereocenters. The fraction of sp³-hybridized carbons (Fsp3) is 0.923. The van der Waals surface area contributed by atoms with Crippen molar-refractivity contribution in [1.29, 1.82) is 0 Å². The molecule has 0 fully saturated rings. The minimum Gasteiger partial charge on any atom is -0.465 e. The van der Waals surface area contributed by atoms with Gasteiger partial charge in [-0.2, -0.15) is 0 Å². The van der Waals surface area contributed by atoms with E-state index < -0.39 is 6.04 Å². The number of carbonyl (C=O) groups excluding carboxylic acids is 1. The van der Waals surface area contributed by atoms with Crippen LogP contribution in [0.3, 0.4) is 0 Å². The highest BCUT2D eigenvalue weighted by Gasteiger charge is 2.13. The van der Waals surface area contributed by atoms with Gasteiger partial charge in [0.05, 0.1) is 6.61 Å². The van der Waals surface area contributed by atoms with Crippen molar-refractivity contribution in [3.63, 3.8) is 0 Å². The summed E-state index contributed by atoms with van der Waals surface area (Å²) in [5.41, 5.74) is 11.1. The van der Waals surface area contributed by atoms with Crippen molar-refractivity contribution in [1.82, 2.24) is 0 Å². The molecule has 0 heterocycles. The molecule has 0 saturated carbocycles. The van der Waals surface area contributed by atoms with Crippen molar-refractivity contribution in [3.8, 4) is 0 Å². The van der Waals surface area contributed by atoms with Crippen LogP contribution in [0.4, 0.5) is 0 Å². The summed E-state index contributed by atoms with van der Waals surface area (Å²) in [5, 5.41) is 0. The molecule has 0 amide bonds. The summed E-state index contributed by atoms with van der Waals surface area (Å²) in [6.45, 7) is 3.34. The van der Waals surface area contributed by atoms with E-state index >= 15 is 0 Å². The van der Waals surface area contributed by atoms with Gasteiger partial charge in [-0.1, -0.05) is 39.0 Å². The van der Waals surface area contributed by atoms with Gasteiger partial charge in [0.2, 0.25) is 0 Å². The van der Waals surface area contributed by atoms with Gasteiger partial charge < -0.3 is 16.2 Å². The smallest absolute Gasteiger partial charge is 0.322 e. The average Bonchev–Trinajstić information content (AvgIpc) is 2.33. The maximum absolute atomic E-state index is 11.4. The summed E-state index contributed by atoms with van der Waals surface area (Å²) >= 11 is 0. The number of nitrogens with two attached hydrogens (primary N) is 2. The molecule has 0 aromatic carbocycles. The van der Waals surface area contributed by atoms with Crippen LogP contribution >= 0.6 is 0 Å². The van der Waals surface area contributed by atoms with E-state index in [9.17, 15) is 4.79 Å². The fourth-order valence-corrected chi connectivity index (χ4v) is 1.61. The van der Waals surface area contributed by atoms with Gasteiger partial charge in [0, 0.05) is 0 Å². The van der Waals surface area contributed by atoms with E-state index in [0.29, 0.717) is 19.6 Å². The lowest BCUT2D eigenvalue weighted by atomic mass is 10.1. The lowest BCUT2D eigenvalue weighted by Gasteiger charge is -2.11. The molecule has 0 rings (SSSR count). The van der Waals surface area contributed by atoms with Gasteiger partial charge in [-0.15, -0.1) is 0 Å². The summed E-state index contributed by atoms with van der Waals surface area (Å²) in [6.07, 6.45) is 8.26. The normalized spacial score (nSPS) is 12.4. The summed E-state index contributed by atoms with van der Waals surface area (Å²) in [5.74, 6) is -0.266. The number of carbonyl (C=O) groups is 1. The van der Waals surface area contributed by atoms with Crippen LogP contribution in [-0.2, 0) is 9.53 Å². The number of esters is 1. The number of rotatable bonds is 11. The van der Waals surface area contributed by atoms with E-state index in [1.54, 1.807) is 0 Å². The Kier molecular flexibility index (Phi) is 11.4. The average molecular weight is 244 g/mol. The first-order chi connectivity index (χ1) is 8.22. The van der Waals surface area contributed by atoms with E-state index in [2.05, 4.69) is 6.92 Å². The Hall–Kier alpha value is -0.610. The SMILES string of the molecule is CCCCCCCOC(=O)C(N)CCCCN. The van der Waals surface area contributed by atoms with E-state index in [1.165, 1.54) is 19.3 Å². The van der Waals surface area contributed by atoms with Gasteiger partial charge in [-0.05, 0) is 25.8 Å². The van der Waals surface area contributed by atoms with Gasteiger partial charge in [-0.25, -0.2) is 0 Å². The number of hydrogen-bond acceptors (Lipinski definition) is 4. The van der Waals surface area contributed by atoms with Crippen LogP contribution < -0.4 is 11.5 Å². The fourth-order valence-electron chi connectivity index (χ4n) is 1.61. The number of unbranched alkanes of at least 4 members (excludes halogenated alkanes) is 5. The number of hydrogen-bond donors (Lipinski definition) is 2. The second kappa shape index (κ2) is 11.9. The molecule has 0 aliphatic carbocycles. The third-order valence-corrected chi connectivity index (χ3v) is 2.76. The lowest BCUT2D eigenvalue weighted by Crippen LogP contribution is -2.32. The lowest BCUT2D eigenvalue weighted by molar-refractivity contribution is -0.145. The third kappa shape index (κ3) is 10.3. The molecular weight excluding hydrogens is 216 g/mol. The van der Waals surface area contributed by atoms with Crippen molar-refractivity contribution >= 4 is 5.97 Å². The maximum Gasteiger partial charge on any atom is 0.322 e. The summed E-state index contributed by atoms with van der Waals surface area (Å²) in [6, 6.07) is -0.475. The number of ether oxygens (including phenoxy) is 1.